The van der Waals surface area contributed by atoms with Crippen LogP contribution in [-0.2, 0) is 29.3 Å². The summed E-state index contributed by atoms with van der Waals surface area (Å²) in [6, 6.07) is 5.96. The van der Waals surface area contributed by atoms with Crippen molar-refractivity contribution in [1.82, 2.24) is 10.2 Å². The molecule has 0 spiro atoms. The van der Waals surface area contributed by atoms with E-state index in [1.54, 1.807) is 45.0 Å². The third kappa shape index (κ3) is 8.35. The molecule has 206 valence electrons. The lowest BCUT2D eigenvalue weighted by Gasteiger charge is -2.43. The second-order valence-electron chi connectivity index (χ2n) is 10.7. The van der Waals surface area contributed by atoms with Gasteiger partial charge >= 0.3 is 18.2 Å². The van der Waals surface area contributed by atoms with Crippen LogP contribution in [-0.4, -0.2) is 54.3 Å². The predicted octanol–water partition coefficient (Wildman–Crippen LogP) is 5.58. The van der Waals surface area contributed by atoms with E-state index in [4.69, 9.17) is 25.8 Å². The number of hydrogen-bond donors (Lipinski definition) is 1. The van der Waals surface area contributed by atoms with E-state index in [1.807, 2.05) is 13.8 Å². The van der Waals surface area contributed by atoms with Crippen molar-refractivity contribution in [2.45, 2.75) is 90.3 Å². The Labute approximate surface area is 224 Å². The number of nitrogens with zero attached hydrogens (tertiary/aromatic N) is 1. The minimum atomic E-state index is -1.27. The lowest BCUT2D eigenvalue weighted by molar-refractivity contribution is -0.156. The number of carbonyl (C=O) groups excluding carboxylic acids is 4. The molecule has 0 aliphatic heterocycles. The third-order valence-corrected chi connectivity index (χ3v) is 6.54. The van der Waals surface area contributed by atoms with Gasteiger partial charge in [-0.2, -0.15) is 0 Å². The Morgan fingerprint density at radius 3 is 2.38 bits per heavy atom. The maximum Gasteiger partial charge on any atom is 0.413 e. The molecule has 0 aromatic heterocycles. The molecular weight excluding hydrogens is 500 g/mol. The topological polar surface area (TPSA) is 111 Å². The van der Waals surface area contributed by atoms with Gasteiger partial charge in [-0.05, 0) is 64.9 Å². The summed E-state index contributed by atoms with van der Waals surface area (Å²) in [5, 5.41) is 2.91. The van der Waals surface area contributed by atoms with E-state index in [2.05, 4.69) is 5.32 Å². The van der Waals surface area contributed by atoms with Crippen LogP contribution in [0.15, 0.2) is 24.3 Å². The fourth-order valence-electron chi connectivity index (χ4n) is 4.32. The van der Waals surface area contributed by atoms with Crippen LogP contribution < -0.4 is 5.32 Å². The summed E-state index contributed by atoms with van der Waals surface area (Å²) in [5.74, 6) is -0.591. The van der Waals surface area contributed by atoms with Crippen LogP contribution in [0.5, 0.6) is 0 Å². The van der Waals surface area contributed by atoms with E-state index in [1.165, 1.54) is 11.9 Å². The Balaban J connectivity index is 2.08. The number of ketones is 1. The molecule has 1 N–H and O–H groups in total. The number of alkyl carbamates (subject to hydrolysis) is 1. The molecule has 10 heteroatoms. The fraction of sp³-hybridized carbons (Fsp3) is 0.630. The summed E-state index contributed by atoms with van der Waals surface area (Å²) in [7, 11) is 1.48. The van der Waals surface area contributed by atoms with Crippen molar-refractivity contribution in [3.05, 3.63) is 34.9 Å². The summed E-state index contributed by atoms with van der Waals surface area (Å²) in [6.07, 6.45) is 1.58. The normalized spacial score (nSPS) is 18.6. The number of esters is 1. The first-order valence-corrected chi connectivity index (χ1v) is 13.0. The van der Waals surface area contributed by atoms with Gasteiger partial charge in [-0.1, -0.05) is 43.6 Å². The molecule has 9 nitrogen and oxygen atoms in total. The molecule has 1 fully saturated rings. The molecule has 0 saturated heterocycles. The number of rotatable bonds is 9. The molecule has 37 heavy (non-hydrogen) atoms. The Bertz CT molecular complexity index is 976. The maximum absolute atomic E-state index is 13.2. The number of hydrogen-bond acceptors (Lipinski definition) is 7. The van der Waals surface area contributed by atoms with Crippen molar-refractivity contribution >= 4 is 35.5 Å². The van der Waals surface area contributed by atoms with Crippen molar-refractivity contribution in [3.63, 3.8) is 0 Å². The number of amides is 2. The van der Waals surface area contributed by atoms with E-state index in [0.717, 1.165) is 12.8 Å². The smallest absolute Gasteiger partial charge is 0.413 e. The maximum atomic E-state index is 13.2. The molecule has 2 atom stereocenters. The first-order valence-electron chi connectivity index (χ1n) is 12.6. The Morgan fingerprint density at radius 1 is 1.11 bits per heavy atom. The molecule has 1 aromatic carbocycles. The van der Waals surface area contributed by atoms with Gasteiger partial charge in [0.15, 0.2) is 5.78 Å². The minimum Gasteiger partial charge on any atom is -0.444 e. The van der Waals surface area contributed by atoms with Gasteiger partial charge in [-0.3, -0.25) is 9.69 Å². The summed E-state index contributed by atoms with van der Waals surface area (Å²) >= 11 is 6.43. The molecule has 0 unspecified atom stereocenters. The van der Waals surface area contributed by atoms with Crippen LogP contribution >= 0.6 is 11.6 Å². The van der Waals surface area contributed by atoms with Crippen LogP contribution in [0.2, 0.25) is 5.02 Å². The summed E-state index contributed by atoms with van der Waals surface area (Å²) in [5.41, 5.74) is -1.46. The van der Waals surface area contributed by atoms with E-state index >= 15 is 0 Å². The Morgan fingerprint density at radius 2 is 1.78 bits per heavy atom. The largest absolute Gasteiger partial charge is 0.444 e. The third-order valence-electron chi connectivity index (χ3n) is 6.21. The predicted molar refractivity (Wildman–Crippen MR) is 139 cm³/mol. The van der Waals surface area contributed by atoms with E-state index in [0.29, 0.717) is 36.3 Å². The van der Waals surface area contributed by atoms with Crippen LogP contribution in [0.25, 0.3) is 0 Å². The molecular formula is C27H39ClN2O7. The van der Waals surface area contributed by atoms with Crippen LogP contribution in [0, 0.1) is 5.92 Å². The number of nitrogens with one attached hydrogen (secondary N) is 1. The van der Waals surface area contributed by atoms with Gasteiger partial charge in [0.1, 0.15) is 17.2 Å². The highest BCUT2D eigenvalue weighted by Crippen LogP contribution is 2.42. The quantitative estimate of drug-likeness (QED) is 0.323. The average molecular weight is 539 g/mol. The van der Waals surface area contributed by atoms with Gasteiger partial charge < -0.3 is 19.5 Å². The van der Waals surface area contributed by atoms with Gasteiger partial charge in [-0.15, -0.1) is 0 Å². The Hall–Kier alpha value is -2.81. The first-order chi connectivity index (χ1) is 17.3. The molecule has 2 rings (SSSR count). The number of likely N-dealkylation sites (N-methyl/N-ethyl adjacent to an activating group) is 1. The van der Waals surface area contributed by atoms with Crippen molar-refractivity contribution in [1.29, 1.82) is 0 Å². The highest BCUT2D eigenvalue weighted by atomic mass is 35.5. The zero-order valence-corrected chi connectivity index (χ0v) is 23.4. The van der Waals surface area contributed by atoms with E-state index in [-0.39, 0.29) is 11.7 Å². The number of carbonyl (C=O) groups is 4. The SMILES string of the molecule is CC(C)CC[C@H](NC(=O)OC(C)(C)C)C(=O)OCOC(=O)N(C)[C@]1(c2ccccc2Cl)CCCCC1=O. The average Bonchev–Trinajstić information content (AvgIpc) is 2.80. The van der Waals surface area contributed by atoms with Crippen molar-refractivity contribution in [2.75, 3.05) is 13.8 Å². The zero-order chi connectivity index (χ0) is 27.8. The molecule has 1 aromatic rings. The van der Waals surface area contributed by atoms with Crippen LogP contribution in [0.4, 0.5) is 9.59 Å². The van der Waals surface area contributed by atoms with Gasteiger partial charge in [0.2, 0.25) is 6.79 Å². The molecule has 0 bridgehead atoms. The number of Topliss-reactive ketones (excluding diaryl/α,β-unsaturated/α-hetero) is 1. The first kappa shape index (κ1) is 30.4. The second kappa shape index (κ2) is 13.1. The van der Waals surface area contributed by atoms with E-state index < -0.39 is 42.1 Å². The van der Waals surface area contributed by atoms with Crippen molar-refractivity contribution in [3.8, 4) is 0 Å². The van der Waals surface area contributed by atoms with Gasteiger partial charge in [0, 0.05) is 24.1 Å². The van der Waals surface area contributed by atoms with Crippen molar-refractivity contribution in [2.24, 2.45) is 5.92 Å². The van der Waals surface area contributed by atoms with Gasteiger partial charge in [0.25, 0.3) is 0 Å². The molecule has 1 saturated carbocycles. The highest BCUT2D eigenvalue weighted by Gasteiger charge is 2.48. The number of ether oxygens (including phenoxy) is 3. The monoisotopic (exact) mass is 538 g/mol. The zero-order valence-electron chi connectivity index (χ0n) is 22.6. The summed E-state index contributed by atoms with van der Waals surface area (Å²) in [6.45, 7) is 8.47. The second-order valence-corrected chi connectivity index (χ2v) is 11.1. The van der Waals surface area contributed by atoms with Gasteiger partial charge in [-0.25, -0.2) is 14.4 Å². The molecule has 0 radical (unpaired) electrons. The number of benzene rings is 1. The highest BCUT2D eigenvalue weighted by molar-refractivity contribution is 6.31. The molecule has 0 heterocycles. The molecule has 1 aliphatic rings. The standard InChI is InChI=1S/C27H39ClN2O7/c1-18(2)14-15-21(29-24(33)37-26(3,4)5)23(32)35-17-36-25(34)30(6)27(16-10-9-13-22(27)31)19-11-7-8-12-20(19)28/h7-8,11-12,18,21H,9-10,13-17H2,1-6H3,(H,29,33)/t21-,27-/m0/s1. The number of halogens is 1. The lowest BCUT2D eigenvalue weighted by Crippen LogP contribution is -2.54. The molecule has 2 amide bonds. The summed E-state index contributed by atoms with van der Waals surface area (Å²) < 4.78 is 15.7. The lowest BCUT2D eigenvalue weighted by atomic mass is 9.74. The van der Waals surface area contributed by atoms with Crippen molar-refractivity contribution < 1.29 is 33.4 Å². The van der Waals surface area contributed by atoms with Crippen LogP contribution in [0.1, 0.15) is 78.7 Å². The summed E-state index contributed by atoms with van der Waals surface area (Å²) in [4.78, 5) is 52.3. The molecule has 1 aliphatic carbocycles. The van der Waals surface area contributed by atoms with Gasteiger partial charge in [0.05, 0.1) is 0 Å². The van der Waals surface area contributed by atoms with Crippen LogP contribution in [0.3, 0.4) is 0 Å². The van der Waals surface area contributed by atoms with E-state index in [9.17, 15) is 19.2 Å². The minimum absolute atomic E-state index is 0.126. The fourth-order valence-corrected chi connectivity index (χ4v) is 4.61. The Kier molecular flexibility index (Phi) is 10.8.